The van der Waals surface area contributed by atoms with E-state index in [1.54, 1.807) is 17.0 Å². The van der Waals surface area contributed by atoms with Gasteiger partial charge in [0.1, 0.15) is 11.4 Å². The zero-order chi connectivity index (χ0) is 20.6. The number of nitrogens with zero attached hydrogens (tertiary/aromatic N) is 2. The fourth-order valence-electron chi connectivity index (χ4n) is 3.02. The van der Waals surface area contributed by atoms with Crippen LogP contribution in [0, 0.1) is 11.7 Å². The predicted molar refractivity (Wildman–Crippen MR) is 110 cm³/mol. The number of aliphatic imine (C=N–C) groups is 1. The molecule has 0 radical (unpaired) electrons. The third kappa shape index (κ3) is 7.37. The lowest BCUT2D eigenvalue weighted by molar-refractivity contribution is 0.0185. The number of ether oxygens (including phenoxy) is 1. The molecule has 28 heavy (non-hydrogen) atoms. The molecule has 1 aromatic carbocycles. The summed E-state index contributed by atoms with van der Waals surface area (Å²) < 4.78 is 19.2. The van der Waals surface area contributed by atoms with Gasteiger partial charge in [0.25, 0.3) is 0 Å². The highest BCUT2D eigenvalue weighted by Gasteiger charge is 2.26. The van der Waals surface area contributed by atoms with Crippen LogP contribution in [0.3, 0.4) is 0 Å². The lowest BCUT2D eigenvalue weighted by Gasteiger charge is -2.33. The molecule has 0 unspecified atom stereocenters. The maximum Gasteiger partial charge on any atom is 0.410 e. The van der Waals surface area contributed by atoms with Gasteiger partial charge in [-0.25, -0.2) is 14.2 Å². The quantitative estimate of drug-likeness (QED) is 0.594. The molecule has 1 aromatic rings. The summed E-state index contributed by atoms with van der Waals surface area (Å²) in [6.07, 6.45) is 1.59. The Morgan fingerprint density at radius 3 is 2.54 bits per heavy atom. The van der Waals surface area contributed by atoms with Gasteiger partial charge in [-0.15, -0.1) is 0 Å². The van der Waals surface area contributed by atoms with E-state index < -0.39 is 5.60 Å². The fraction of sp³-hybridized carbons (Fsp3) is 0.619. The van der Waals surface area contributed by atoms with Crippen molar-refractivity contribution in [2.75, 3.05) is 26.2 Å². The van der Waals surface area contributed by atoms with Gasteiger partial charge in [0.05, 0.1) is 6.54 Å². The Kier molecular flexibility index (Phi) is 8.08. The molecule has 0 atom stereocenters. The average Bonchev–Trinajstić information content (AvgIpc) is 2.64. The number of rotatable bonds is 5. The minimum atomic E-state index is -0.467. The lowest BCUT2D eigenvalue weighted by atomic mass is 9.97. The van der Waals surface area contributed by atoms with Gasteiger partial charge in [-0.3, -0.25) is 0 Å². The summed E-state index contributed by atoms with van der Waals surface area (Å²) >= 11 is 0. The molecule has 0 bridgehead atoms. The number of carbonyl (C=O) groups is 1. The first-order valence-corrected chi connectivity index (χ1v) is 10.0. The van der Waals surface area contributed by atoms with Crippen molar-refractivity contribution in [2.24, 2.45) is 10.9 Å². The largest absolute Gasteiger partial charge is 0.444 e. The third-order valence-electron chi connectivity index (χ3n) is 4.53. The minimum absolute atomic E-state index is 0.237. The first-order valence-electron chi connectivity index (χ1n) is 10.0. The molecule has 1 saturated heterocycles. The molecule has 0 aliphatic carbocycles. The maximum absolute atomic E-state index is 13.8. The molecule has 0 saturated carbocycles. The van der Waals surface area contributed by atoms with Gasteiger partial charge in [0, 0.05) is 31.7 Å². The molecule has 0 aromatic heterocycles. The van der Waals surface area contributed by atoms with Gasteiger partial charge >= 0.3 is 6.09 Å². The molecular weight excluding hydrogens is 359 g/mol. The second-order valence-corrected chi connectivity index (χ2v) is 8.08. The summed E-state index contributed by atoms with van der Waals surface area (Å²) in [6, 6.07) is 6.68. The van der Waals surface area contributed by atoms with Crippen molar-refractivity contribution in [2.45, 2.75) is 52.7 Å². The Labute approximate surface area is 167 Å². The SMILES string of the molecule is CCNC(=NCc1ccccc1F)NCC1CCN(C(=O)OC(C)(C)C)CC1. The zero-order valence-corrected chi connectivity index (χ0v) is 17.4. The van der Waals surface area contributed by atoms with E-state index in [4.69, 9.17) is 4.74 Å². The molecular formula is C21H33FN4O2. The number of halogens is 1. The van der Waals surface area contributed by atoms with E-state index in [2.05, 4.69) is 15.6 Å². The zero-order valence-electron chi connectivity index (χ0n) is 17.4. The number of hydrogen-bond acceptors (Lipinski definition) is 3. The molecule has 156 valence electrons. The van der Waals surface area contributed by atoms with Crippen LogP contribution in [0.15, 0.2) is 29.3 Å². The van der Waals surface area contributed by atoms with Crippen molar-refractivity contribution in [3.05, 3.63) is 35.6 Å². The van der Waals surface area contributed by atoms with Crippen LogP contribution >= 0.6 is 0 Å². The van der Waals surface area contributed by atoms with Crippen LogP contribution in [-0.4, -0.2) is 48.7 Å². The highest BCUT2D eigenvalue weighted by Crippen LogP contribution is 2.19. The normalized spacial score (nSPS) is 16.0. The smallest absolute Gasteiger partial charge is 0.410 e. The molecule has 1 aliphatic rings. The monoisotopic (exact) mass is 392 g/mol. The van der Waals surface area contributed by atoms with Crippen LogP contribution in [0.1, 0.15) is 46.1 Å². The Morgan fingerprint density at radius 1 is 1.25 bits per heavy atom. The molecule has 2 rings (SSSR count). The van der Waals surface area contributed by atoms with Crippen LogP contribution in [0.25, 0.3) is 0 Å². The van der Waals surface area contributed by atoms with Crippen molar-refractivity contribution in [1.29, 1.82) is 0 Å². The Balaban J connectivity index is 1.80. The first-order chi connectivity index (χ1) is 13.3. The molecule has 1 amide bonds. The van der Waals surface area contributed by atoms with E-state index in [9.17, 15) is 9.18 Å². The van der Waals surface area contributed by atoms with Gasteiger partial charge < -0.3 is 20.3 Å². The van der Waals surface area contributed by atoms with E-state index in [0.717, 1.165) is 25.9 Å². The first kappa shape index (κ1) is 22.0. The minimum Gasteiger partial charge on any atom is -0.444 e. The summed E-state index contributed by atoms with van der Waals surface area (Å²) in [6.45, 7) is 10.8. The van der Waals surface area contributed by atoms with Crippen molar-refractivity contribution < 1.29 is 13.9 Å². The Morgan fingerprint density at radius 2 is 1.93 bits per heavy atom. The number of likely N-dealkylation sites (tertiary alicyclic amines) is 1. The number of hydrogen-bond donors (Lipinski definition) is 2. The molecule has 0 spiro atoms. The Hall–Kier alpha value is -2.31. The highest BCUT2D eigenvalue weighted by atomic mass is 19.1. The van der Waals surface area contributed by atoms with Gasteiger partial charge in [-0.2, -0.15) is 0 Å². The predicted octanol–water partition coefficient (Wildman–Crippen LogP) is 3.53. The van der Waals surface area contributed by atoms with Gasteiger partial charge in [-0.1, -0.05) is 18.2 Å². The molecule has 7 heteroatoms. The molecule has 1 fully saturated rings. The lowest BCUT2D eigenvalue weighted by Crippen LogP contribution is -2.45. The summed E-state index contributed by atoms with van der Waals surface area (Å²) in [5.74, 6) is 0.896. The second kappa shape index (κ2) is 10.3. The van der Waals surface area contributed by atoms with Gasteiger partial charge in [0.2, 0.25) is 0 Å². The second-order valence-electron chi connectivity index (χ2n) is 8.08. The highest BCUT2D eigenvalue weighted by molar-refractivity contribution is 5.79. The number of piperidine rings is 1. The van der Waals surface area contributed by atoms with Crippen molar-refractivity contribution in [1.82, 2.24) is 15.5 Å². The number of carbonyl (C=O) groups excluding carboxylic acids is 1. The number of guanidine groups is 1. The van der Waals surface area contributed by atoms with Crippen molar-refractivity contribution in [3.63, 3.8) is 0 Å². The number of amides is 1. The van der Waals surface area contributed by atoms with Crippen LogP contribution < -0.4 is 10.6 Å². The molecule has 1 heterocycles. The van der Waals surface area contributed by atoms with E-state index in [1.165, 1.54) is 6.07 Å². The molecule has 2 N–H and O–H groups in total. The van der Waals surface area contributed by atoms with Crippen molar-refractivity contribution in [3.8, 4) is 0 Å². The van der Waals surface area contributed by atoms with Crippen LogP contribution in [-0.2, 0) is 11.3 Å². The van der Waals surface area contributed by atoms with Crippen LogP contribution in [0.4, 0.5) is 9.18 Å². The van der Waals surface area contributed by atoms with Crippen LogP contribution in [0.2, 0.25) is 0 Å². The summed E-state index contributed by atoms with van der Waals surface area (Å²) in [5.41, 5.74) is 0.107. The summed E-state index contributed by atoms with van der Waals surface area (Å²) in [7, 11) is 0. The maximum atomic E-state index is 13.8. The number of benzene rings is 1. The third-order valence-corrected chi connectivity index (χ3v) is 4.53. The molecule has 6 nitrogen and oxygen atoms in total. The van der Waals surface area contributed by atoms with E-state index in [0.29, 0.717) is 37.1 Å². The summed E-state index contributed by atoms with van der Waals surface area (Å²) in [4.78, 5) is 18.4. The van der Waals surface area contributed by atoms with E-state index in [1.807, 2.05) is 33.8 Å². The number of nitrogens with one attached hydrogen (secondary N) is 2. The molecule has 1 aliphatic heterocycles. The summed E-state index contributed by atoms with van der Waals surface area (Å²) in [5, 5.41) is 6.54. The van der Waals surface area contributed by atoms with E-state index >= 15 is 0 Å². The average molecular weight is 393 g/mol. The van der Waals surface area contributed by atoms with Gasteiger partial charge in [0.15, 0.2) is 5.96 Å². The Bertz CT molecular complexity index is 665. The standard InChI is InChI=1S/C21H33FN4O2/c1-5-23-19(25-15-17-8-6-7-9-18(17)22)24-14-16-10-12-26(13-11-16)20(27)28-21(2,3)4/h6-9,16H,5,10-15H2,1-4H3,(H2,23,24,25). The topological polar surface area (TPSA) is 66.0 Å². The van der Waals surface area contributed by atoms with E-state index in [-0.39, 0.29) is 11.9 Å². The van der Waals surface area contributed by atoms with Gasteiger partial charge in [-0.05, 0) is 52.5 Å². The van der Waals surface area contributed by atoms with Crippen molar-refractivity contribution >= 4 is 12.1 Å². The van der Waals surface area contributed by atoms with Crippen LogP contribution in [0.5, 0.6) is 0 Å². The fourth-order valence-corrected chi connectivity index (χ4v) is 3.02.